The van der Waals surface area contributed by atoms with Crippen molar-refractivity contribution < 1.29 is 9.18 Å². The largest absolute Gasteiger partial charge is 0.325 e. The van der Waals surface area contributed by atoms with Gasteiger partial charge in [0.2, 0.25) is 5.91 Å². The van der Waals surface area contributed by atoms with Gasteiger partial charge in [-0.2, -0.15) is 0 Å². The molecular formula is C19H27FN4OS. The maximum absolute atomic E-state index is 12.9. The van der Waals surface area contributed by atoms with E-state index in [1.807, 2.05) is 0 Å². The summed E-state index contributed by atoms with van der Waals surface area (Å²) in [7, 11) is 0. The number of hydrogen-bond acceptors (Lipinski definition) is 4. The van der Waals surface area contributed by atoms with Crippen LogP contribution in [-0.2, 0) is 17.8 Å². The number of rotatable bonds is 11. The molecule has 7 heteroatoms. The van der Waals surface area contributed by atoms with Crippen molar-refractivity contribution in [2.75, 3.05) is 11.1 Å². The van der Waals surface area contributed by atoms with E-state index >= 15 is 0 Å². The number of unbranched alkanes of at least 4 members (excludes halogenated alkanes) is 4. The molecule has 0 fully saturated rings. The Morgan fingerprint density at radius 3 is 2.54 bits per heavy atom. The van der Waals surface area contributed by atoms with Crippen LogP contribution in [0, 0.1) is 5.82 Å². The normalized spacial score (nSPS) is 10.9. The number of carbonyl (C=O) groups is 1. The Bertz CT molecular complexity index is 687. The van der Waals surface area contributed by atoms with E-state index in [0.29, 0.717) is 5.69 Å². The Labute approximate surface area is 158 Å². The van der Waals surface area contributed by atoms with E-state index in [0.717, 1.165) is 30.4 Å². The van der Waals surface area contributed by atoms with Crippen molar-refractivity contribution in [1.82, 2.24) is 14.8 Å². The molecule has 142 valence electrons. The quantitative estimate of drug-likeness (QED) is 0.455. The number of thioether (sulfide) groups is 1. The summed E-state index contributed by atoms with van der Waals surface area (Å²) >= 11 is 1.37. The van der Waals surface area contributed by atoms with Gasteiger partial charge in [-0.15, -0.1) is 10.2 Å². The molecule has 1 N–H and O–H groups in total. The molecule has 0 bridgehead atoms. The first-order valence-electron chi connectivity index (χ1n) is 9.24. The lowest BCUT2D eigenvalue weighted by molar-refractivity contribution is -0.113. The first-order chi connectivity index (χ1) is 12.6. The molecule has 26 heavy (non-hydrogen) atoms. The third-order valence-corrected chi connectivity index (χ3v) is 5.04. The Kier molecular flexibility index (Phi) is 8.61. The summed E-state index contributed by atoms with van der Waals surface area (Å²) in [6.07, 6.45) is 7.05. The zero-order chi connectivity index (χ0) is 18.8. The molecule has 0 unspecified atom stereocenters. The molecule has 0 spiro atoms. The Hall–Kier alpha value is -1.89. The molecule has 0 saturated heterocycles. The third kappa shape index (κ3) is 6.44. The molecule has 0 aliphatic heterocycles. The van der Waals surface area contributed by atoms with Crippen LogP contribution in [0.15, 0.2) is 29.4 Å². The number of amides is 1. The number of anilines is 1. The fourth-order valence-electron chi connectivity index (χ4n) is 2.68. The number of nitrogens with one attached hydrogen (secondary N) is 1. The van der Waals surface area contributed by atoms with Crippen LogP contribution in [0.25, 0.3) is 0 Å². The standard InChI is InChI=1S/C19H27FN4OS/c1-3-5-6-7-8-9-17-22-23-19(24(17)4-2)26-14-18(25)21-16-12-10-15(20)11-13-16/h10-13H,3-9,14H2,1-2H3,(H,21,25). The molecule has 5 nitrogen and oxygen atoms in total. The molecule has 2 aromatic rings. The topological polar surface area (TPSA) is 59.8 Å². The zero-order valence-electron chi connectivity index (χ0n) is 15.5. The molecule has 0 aliphatic carbocycles. The number of nitrogens with zero attached hydrogens (tertiary/aromatic N) is 3. The van der Waals surface area contributed by atoms with E-state index in [1.54, 1.807) is 12.1 Å². The van der Waals surface area contributed by atoms with Gasteiger partial charge >= 0.3 is 0 Å². The molecule has 1 aromatic carbocycles. The van der Waals surface area contributed by atoms with E-state index in [1.165, 1.54) is 49.6 Å². The molecular weight excluding hydrogens is 351 g/mol. The predicted octanol–water partition coefficient (Wildman–Crippen LogP) is 4.68. The van der Waals surface area contributed by atoms with Crippen molar-refractivity contribution in [3.63, 3.8) is 0 Å². The molecule has 1 amide bonds. The van der Waals surface area contributed by atoms with Gasteiger partial charge in [-0.3, -0.25) is 4.79 Å². The summed E-state index contributed by atoms with van der Waals surface area (Å²) in [5, 5.41) is 12.1. The summed E-state index contributed by atoms with van der Waals surface area (Å²) in [5.41, 5.74) is 0.585. The highest BCUT2D eigenvalue weighted by molar-refractivity contribution is 7.99. The van der Waals surface area contributed by atoms with Gasteiger partial charge in [0.15, 0.2) is 5.16 Å². The second-order valence-corrected chi connectivity index (χ2v) is 7.09. The van der Waals surface area contributed by atoms with Gasteiger partial charge in [0, 0.05) is 18.7 Å². The summed E-state index contributed by atoms with van der Waals surface area (Å²) in [4.78, 5) is 12.1. The minimum Gasteiger partial charge on any atom is -0.325 e. The van der Waals surface area contributed by atoms with Gasteiger partial charge in [0.05, 0.1) is 5.75 Å². The minimum absolute atomic E-state index is 0.145. The maximum atomic E-state index is 12.9. The van der Waals surface area contributed by atoms with E-state index in [2.05, 4.69) is 33.9 Å². The smallest absolute Gasteiger partial charge is 0.234 e. The van der Waals surface area contributed by atoms with Crippen LogP contribution < -0.4 is 5.32 Å². The fourth-order valence-corrected chi connectivity index (χ4v) is 3.50. The van der Waals surface area contributed by atoms with Crippen molar-refractivity contribution in [2.24, 2.45) is 0 Å². The van der Waals surface area contributed by atoms with Crippen LogP contribution in [0.3, 0.4) is 0 Å². The van der Waals surface area contributed by atoms with Crippen molar-refractivity contribution >= 4 is 23.4 Å². The molecule has 0 radical (unpaired) electrons. The monoisotopic (exact) mass is 378 g/mol. The number of carbonyl (C=O) groups excluding carboxylic acids is 1. The maximum Gasteiger partial charge on any atom is 0.234 e. The highest BCUT2D eigenvalue weighted by Gasteiger charge is 2.13. The van der Waals surface area contributed by atoms with Crippen molar-refractivity contribution in [2.45, 2.75) is 64.1 Å². The van der Waals surface area contributed by atoms with Crippen molar-refractivity contribution in [3.05, 3.63) is 35.9 Å². The van der Waals surface area contributed by atoms with Gasteiger partial charge in [-0.05, 0) is 37.6 Å². The van der Waals surface area contributed by atoms with E-state index in [-0.39, 0.29) is 17.5 Å². The SMILES string of the molecule is CCCCCCCc1nnc(SCC(=O)Nc2ccc(F)cc2)n1CC. The average molecular weight is 379 g/mol. The van der Waals surface area contributed by atoms with Crippen molar-refractivity contribution in [1.29, 1.82) is 0 Å². The predicted molar refractivity (Wildman–Crippen MR) is 104 cm³/mol. The van der Waals surface area contributed by atoms with Gasteiger partial charge in [-0.1, -0.05) is 44.4 Å². The number of benzene rings is 1. The lowest BCUT2D eigenvalue weighted by Crippen LogP contribution is -2.14. The van der Waals surface area contributed by atoms with Crippen LogP contribution in [0.2, 0.25) is 0 Å². The minimum atomic E-state index is -0.323. The second kappa shape index (κ2) is 11.0. The Balaban J connectivity index is 1.82. The second-order valence-electron chi connectivity index (χ2n) is 6.15. The first kappa shape index (κ1) is 20.4. The molecule has 2 rings (SSSR count). The van der Waals surface area contributed by atoms with Gasteiger partial charge in [-0.25, -0.2) is 4.39 Å². The first-order valence-corrected chi connectivity index (χ1v) is 10.2. The third-order valence-electron chi connectivity index (χ3n) is 4.07. The van der Waals surface area contributed by atoms with E-state index in [9.17, 15) is 9.18 Å². The molecule has 1 aromatic heterocycles. The van der Waals surface area contributed by atoms with Crippen LogP contribution in [-0.4, -0.2) is 26.4 Å². The lowest BCUT2D eigenvalue weighted by Gasteiger charge is -2.08. The summed E-state index contributed by atoms with van der Waals surface area (Å²) in [6, 6.07) is 5.73. The summed E-state index contributed by atoms with van der Waals surface area (Å²) in [6.45, 7) is 5.06. The van der Waals surface area contributed by atoms with Gasteiger partial charge in [0.1, 0.15) is 11.6 Å². The average Bonchev–Trinajstić information content (AvgIpc) is 3.03. The number of aromatic nitrogens is 3. The Morgan fingerprint density at radius 1 is 1.12 bits per heavy atom. The van der Waals surface area contributed by atoms with E-state index in [4.69, 9.17) is 0 Å². The number of hydrogen-bond donors (Lipinski definition) is 1. The van der Waals surface area contributed by atoms with Crippen LogP contribution >= 0.6 is 11.8 Å². The van der Waals surface area contributed by atoms with Crippen LogP contribution in [0.1, 0.15) is 51.8 Å². The highest BCUT2D eigenvalue weighted by Crippen LogP contribution is 2.19. The van der Waals surface area contributed by atoms with Crippen LogP contribution in [0.4, 0.5) is 10.1 Å². The molecule has 1 heterocycles. The zero-order valence-corrected chi connectivity index (χ0v) is 16.3. The molecule has 0 aliphatic rings. The van der Waals surface area contributed by atoms with Gasteiger partial charge in [0.25, 0.3) is 0 Å². The fraction of sp³-hybridized carbons (Fsp3) is 0.526. The van der Waals surface area contributed by atoms with Crippen molar-refractivity contribution in [3.8, 4) is 0 Å². The molecule has 0 atom stereocenters. The molecule has 0 saturated carbocycles. The van der Waals surface area contributed by atoms with Crippen LogP contribution in [0.5, 0.6) is 0 Å². The summed E-state index contributed by atoms with van der Waals surface area (Å²) < 4.78 is 15.0. The van der Waals surface area contributed by atoms with Gasteiger partial charge < -0.3 is 9.88 Å². The number of aryl methyl sites for hydroxylation is 1. The highest BCUT2D eigenvalue weighted by atomic mass is 32.2. The Morgan fingerprint density at radius 2 is 1.85 bits per heavy atom. The summed E-state index contributed by atoms with van der Waals surface area (Å²) in [5.74, 6) is 0.765. The number of halogens is 1. The van der Waals surface area contributed by atoms with E-state index < -0.39 is 0 Å². The lowest BCUT2D eigenvalue weighted by atomic mass is 10.1.